The van der Waals surface area contributed by atoms with E-state index in [1.165, 1.54) is 24.3 Å². The lowest BCUT2D eigenvalue weighted by molar-refractivity contribution is -0.274. The molecule has 0 radical (unpaired) electrons. The van der Waals surface area contributed by atoms with Gasteiger partial charge in [-0.15, -0.1) is 13.2 Å². The molecule has 130 valence electrons. The van der Waals surface area contributed by atoms with Gasteiger partial charge in [-0.1, -0.05) is 18.2 Å². The fourth-order valence-electron chi connectivity index (χ4n) is 2.27. The minimum absolute atomic E-state index is 0.289. The summed E-state index contributed by atoms with van der Waals surface area (Å²) in [5.74, 6) is -0.289. The van der Waals surface area contributed by atoms with Gasteiger partial charge in [-0.2, -0.15) is 5.10 Å². The number of hydrogen-bond donors (Lipinski definition) is 3. The zero-order valence-corrected chi connectivity index (χ0v) is 13.5. The van der Waals surface area contributed by atoms with E-state index >= 15 is 0 Å². The van der Waals surface area contributed by atoms with Crippen molar-refractivity contribution in [3.8, 4) is 5.75 Å². The van der Waals surface area contributed by atoms with Crippen LogP contribution in [0, 0.1) is 0 Å². The molecule has 9 heteroatoms. The minimum Gasteiger partial charge on any atom is -0.406 e. The summed E-state index contributed by atoms with van der Waals surface area (Å²) in [4.78, 5) is 0. The molecule has 0 atom stereocenters. The van der Waals surface area contributed by atoms with Crippen LogP contribution in [0.4, 0.5) is 18.9 Å². The third-order valence-corrected chi connectivity index (χ3v) is 3.59. The van der Waals surface area contributed by atoms with E-state index in [9.17, 15) is 13.2 Å². The Balaban J connectivity index is 1.56. The smallest absolute Gasteiger partial charge is 0.406 e. The van der Waals surface area contributed by atoms with Crippen molar-refractivity contribution < 1.29 is 17.9 Å². The van der Waals surface area contributed by atoms with Crippen molar-refractivity contribution in [2.75, 3.05) is 5.32 Å². The zero-order valence-electron chi connectivity index (χ0n) is 12.7. The Morgan fingerprint density at radius 2 is 1.92 bits per heavy atom. The van der Waals surface area contributed by atoms with Gasteiger partial charge in [-0.3, -0.25) is 5.10 Å². The summed E-state index contributed by atoms with van der Waals surface area (Å²) in [6, 6.07) is 11.1. The normalized spacial score (nSPS) is 11.3. The highest BCUT2D eigenvalue weighted by Gasteiger charge is 2.30. The van der Waals surface area contributed by atoms with Crippen molar-refractivity contribution >= 4 is 33.9 Å². The molecule has 1 aromatic heterocycles. The van der Waals surface area contributed by atoms with Crippen molar-refractivity contribution in [2.45, 2.75) is 12.9 Å². The van der Waals surface area contributed by atoms with E-state index in [4.69, 9.17) is 12.2 Å². The molecular formula is C16H13F3N4OS. The van der Waals surface area contributed by atoms with E-state index in [1.807, 2.05) is 18.2 Å². The monoisotopic (exact) mass is 366 g/mol. The second kappa shape index (κ2) is 6.98. The molecule has 3 rings (SSSR count). The Kier molecular flexibility index (Phi) is 4.75. The highest BCUT2D eigenvalue weighted by molar-refractivity contribution is 7.80. The summed E-state index contributed by atoms with van der Waals surface area (Å²) < 4.78 is 40.2. The fourth-order valence-corrected chi connectivity index (χ4v) is 2.46. The fraction of sp³-hybridized carbons (Fsp3) is 0.125. The predicted molar refractivity (Wildman–Crippen MR) is 92.3 cm³/mol. The van der Waals surface area contributed by atoms with Crippen LogP contribution in [-0.2, 0) is 6.54 Å². The molecule has 0 aliphatic carbocycles. The van der Waals surface area contributed by atoms with E-state index in [1.54, 1.807) is 6.20 Å². The van der Waals surface area contributed by atoms with Gasteiger partial charge in [0.05, 0.1) is 11.7 Å². The lowest BCUT2D eigenvalue weighted by Gasteiger charge is -2.12. The summed E-state index contributed by atoms with van der Waals surface area (Å²) in [5.41, 5.74) is 2.46. The third-order valence-electron chi connectivity index (χ3n) is 3.35. The number of nitrogens with one attached hydrogen (secondary N) is 3. The Labute approximate surface area is 146 Å². The van der Waals surface area contributed by atoms with Crippen LogP contribution in [0.1, 0.15) is 5.56 Å². The highest BCUT2D eigenvalue weighted by atomic mass is 32.1. The van der Waals surface area contributed by atoms with Gasteiger partial charge in [0.25, 0.3) is 0 Å². The number of aromatic nitrogens is 2. The van der Waals surface area contributed by atoms with E-state index < -0.39 is 6.36 Å². The molecule has 0 saturated heterocycles. The second-order valence-electron chi connectivity index (χ2n) is 5.13. The lowest BCUT2D eigenvalue weighted by atomic mass is 10.1. The molecule has 3 N–H and O–H groups in total. The molecule has 0 unspecified atom stereocenters. The summed E-state index contributed by atoms with van der Waals surface area (Å²) in [5, 5.41) is 14.2. The van der Waals surface area contributed by atoms with E-state index in [0.29, 0.717) is 17.3 Å². The Bertz CT molecular complexity index is 877. The van der Waals surface area contributed by atoms with E-state index in [2.05, 4.69) is 25.6 Å². The van der Waals surface area contributed by atoms with Crippen LogP contribution in [0.3, 0.4) is 0 Å². The molecule has 0 spiro atoms. The SMILES string of the molecule is FC(F)(F)Oc1ccc(NC(=S)NCc2cccc3cn[nH]c23)cc1. The van der Waals surface area contributed by atoms with Crippen molar-refractivity contribution in [1.29, 1.82) is 0 Å². The van der Waals surface area contributed by atoms with Gasteiger partial charge >= 0.3 is 6.36 Å². The van der Waals surface area contributed by atoms with Crippen molar-refractivity contribution in [1.82, 2.24) is 15.5 Å². The number of aromatic amines is 1. The van der Waals surface area contributed by atoms with Crippen molar-refractivity contribution in [3.63, 3.8) is 0 Å². The number of para-hydroxylation sites is 1. The molecule has 0 fully saturated rings. The summed E-state index contributed by atoms with van der Waals surface area (Å²) in [6.45, 7) is 0.473. The molecule has 0 bridgehead atoms. The molecule has 25 heavy (non-hydrogen) atoms. The first-order valence-corrected chi connectivity index (χ1v) is 7.63. The first-order valence-electron chi connectivity index (χ1n) is 7.22. The van der Waals surface area contributed by atoms with Gasteiger partial charge < -0.3 is 15.4 Å². The highest BCUT2D eigenvalue weighted by Crippen LogP contribution is 2.24. The lowest BCUT2D eigenvalue weighted by Crippen LogP contribution is -2.28. The van der Waals surface area contributed by atoms with Gasteiger partial charge in [0.15, 0.2) is 5.11 Å². The maximum Gasteiger partial charge on any atom is 0.573 e. The first kappa shape index (κ1) is 17.0. The largest absolute Gasteiger partial charge is 0.573 e. The van der Waals surface area contributed by atoms with Gasteiger partial charge in [0.2, 0.25) is 0 Å². The predicted octanol–water partition coefficient (Wildman–Crippen LogP) is 3.95. The van der Waals surface area contributed by atoms with Gasteiger partial charge in [-0.05, 0) is 42.0 Å². The first-order chi connectivity index (χ1) is 11.9. The quantitative estimate of drug-likeness (QED) is 0.611. The average molecular weight is 366 g/mol. The number of halogens is 3. The number of H-pyrrole nitrogens is 1. The van der Waals surface area contributed by atoms with Crippen LogP contribution in [0.2, 0.25) is 0 Å². The van der Waals surface area contributed by atoms with Crippen molar-refractivity contribution in [3.05, 3.63) is 54.2 Å². The number of anilines is 1. The number of benzene rings is 2. The van der Waals surface area contributed by atoms with Gasteiger partial charge in [0, 0.05) is 17.6 Å². The summed E-state index contributed by atoms with van der Waals surface area (Å²) in [6.07, 6.45) is -2.97. The maximum atomic E-state index is 12.1. The molecule has 0 aliphatic heterocycles. The molecule has 0 amide bonds. The van der Waals surface area contributed by atoms with Crippen LogP contribution < -0.4 is 15.4 Å². The van der Waals surface area contributed by atoms with E-state index in [0.717, 1.165) is 16.5 Å². The molecule has 0 saturated carbocycles. The van der Waals surface area contributed by atoms with Crippen LogP contribution in [0.25, 0.3) is 10.9 Å². The summed E-state index contributed by atoms with van der Waals surface area (Å²) in [7, 11) is 0. The standard InChI is InChI=1S/C16H13F3N4OS/c17-16(18,19)24-13-6-4-12(5-7-13)22-15(25)20-8-10-2-1-3-11-9-21-23-14(10)11/h1-7,9H,8H2,(H,21,23)(H2,20,22,25). The second-order valence-corrected chi connectivity index (χ2v) is 5.54. The Morgan fingerprint density at radius 1 is 1.16 bits per heavy atom. The third kappa shape index (κ3) is 4.60. The number of rotatable bonds is 4. The summed E-state index contributed by atoms with van der Waals surface area (Å²) >= 11 is 5.20. The molecule has 5 nitrogen and oxygen atoms in total. The molecule has 3 aromatic rings. The number of fused-ring (bicyclic) bond motifs is 1. The average Bonchev–Trinajstić information content (AvgIpc) is 3.02. The minimum atomic E-state index is -4.71. The Hall–Kier alpha value is -2.81. The molecular weight excluding hydrogens is 353 g/mol. The number of nitrogens with zero attached hydrogens (tertiary/aromatic N) is 1. The van der Waals surface area contributed by atoms with Crippen molar-refractivity contribution in [2.24, 2.45) is 0 Å². The van der Waals surface area contributed by atoms with Crippen LogP contribution >= 0.6 is 12.2 Å². The van der Waals surface area contributed by atoms with Gasteiger partial charge in [0.1, 0.15) is 5.75 Å². The Morgan fingerprint density at radius 3 is 2.64 bits per heavy atom. The number of hydrogen-bond acceptors (Lipinski definition) is 3. The maximum absolute atomic E-state index is 12.1. The van der Waals surface area contributed by atoms with Crippen LogP contribution in [0.5, 0.6) is 5.75 Å². The topological polar surface area (TPSA) is 62.0 Å². The van der Waals surface area contributed by atoms with Gasteiger partial charge in [-0.25, -0.2) is 0 Å². The number of alkyl halides is 3. The number of ether oxygens (including phenoxy) is 1. The van der Waals surface area contributed by atoms with Crippen LogP contribution in [0.15, 0.2) is 48.7 Å². The molecule has 0 aliphatic rings. The van der Waals surface area contributed by atoms with Crippen LogP contribution in [-0.4, -0.2) is 21.7 Å². The number of thiocarbonyl (C=S) groups is 1. The molecule has 1 heterocycles. The zero-order chi connectivity index (χ0) is 17.9. The van der Waals surface area contributed by atoms with E-state index in [-0.39, 0.29) is 5.75 Å². The molecule has 2 aromatic carbocycles.